The highest BCUT2D eigenvalue weighted by atomic mass is 35.5. The van der Waals surface area contributed by atoms with Crippen molar-refractivity contribution >= 4 is 30.0 Å². The number of Topliss-reactive ketones (excluding diaryl/α,β-unsaturated/α-hetero) is 1. The number of hydrogen-bond acceptors (Lipinski definition) is 3. The second-order valence-corrected chi connectivity index (χ2v) is 5.55. The third kappa shape index (κ3) is 3.18. The van der Waals surface area contributed by atoms with Crippen LogP contribution in [0.15, 0.2) is 42.5 Å². The van der Waals surface area contributed by atoms with Crippen LogP contribution < -0.4 is 5.46 Å². The number of rotatable bonds is 3. The third-order valence-electron chi connectivity index (χ3n) is 3.65. The molecular weight excluding hydrogens is 286 g/mol. The fraction of sp³-hybridized carbons (Fsp3) is 0.188. The molecule has 1 N–H and O–H groups in total. The van der Waals surface area contributed by atoms with E-state index in [4.69, 9.17) is 16.3 Å². The molecule has 2 aromatic rings. The molecule has 3 rings (SSSR count). The largest absolute Gasteiger partial charge is 0.491 e. The molecule has 0 spiro atoms. The quantitative estimate of drug-likeness (QED) is 0.697. The van der Waals surface area contributed by atoms with Crippen LogP contribution in [-0.4, -0.2) is 24.5 Å². The average molecular weight is 301 g/mol. The van der Waals surface area contributed by atoms with Gasteiger partial charge in [-0.3, -0.25) is 4.79 Å². The smallest absolute Gasteiger partial charge is 0.423 e. The maximum Gasteiger partial charge on any atom is 0.491 e. The summed E-state index contributed by atoms with van der Waals surface area (Å²) in [7, 11) is -0.890. The van der Waals surface area contributed by atoms with Crippen molar-refractivity contribution in [1.82, 2.24) is 0 Å². The summed E-state index contributed by atoms with van der Waals surface area (Å²) in [6.45, 7) is 0.525. The maximum atomic E-state index is 12.2. The zero-order chi connectivity index (χ0) is 14.8. The van der Waals surface area contributed by atoms with Crippen molar-refractivity contribution < 1.29 is 14.5 Å². The third-order valence-corrected chi connectivity index (χ3v) is 3.91. The van der Waals surface area contributed by atoms with Crippen LogP contribution in [-0.2, 0) is 17.5 Å². The lowest BCUT2D eigenvalue weighted by Gasteiger charge is -2.19. The Morgan fingerprint density at radius 3 is 2.76 bits per heavy atom. The summed E-state index contributed by atoms with van der Waals surface area (Å²) >= 11 is 5.82. The van der Waals surface area contributed by atoms with Crippen LogP contribution in [0.3, 0.4) is 0 Å². The van der Waals surface area contributed by atoms with E-state index in [1.165, 1.54) is 0 Å². The normalized spacial score (nSPS) is 13.9. The molecule has 0 radical (unpaired) electrons. The minimum absolute atomic E-state index is 0.0258. The van der Waals surface area contributed by atoms with Crippen LogP contribution >= 0.6 is 11.6 Å². The Hall–Kier alpha value is -1.62. The van der Waals surface area contributed by atoms with E-state index in [-0.39, 0.29) is 5.78 Å². The molecule has 0 fully saturated rings. The molecule has 0 saturated carbocycles. The monoisotopic (exact) mass is 300 g/mol. The van der Waals surface area contributed by atoms with Crippen molar-refractivity contribution in [3.8, 4) is 0 Å². The van der Waals surface area contributed by atoms with Crippen molar-refractivity contribution in [2.24, 2.45) is 0 Å². The molecule has 5 heteroatoms. The molecule has 1 aliphatic heterocycles. The number of fused-ring (bicyclic) bond motifs is 1. The number of hydrogen-bond donors (Lipinski definition) is 1. The van der Waals surface area contributed by atoms with Crippen LogP contribution in [0.4, 0.5) is 0 Å². The summed E-state index contributed by atoms with van der Waals surface area (Å²) in [4.78, 5) is 12.2. The van der Waals surface area contributed by atoms with Crippen molar-refractivity contribution in [2.45, 2.75) is 12.8 Å². The minimum Gasteiger partial charge on any atom is -0.423 e. The predicted octanol–water partition coefficient (Wildman–Crippen LogP) is 2.03. The summed E-state index contributed by atoms with van der Waals surface area (Å²) in [5, 5.41) is 10.5. The van der Waals surface area contributed by atoms with Gasteiger partial charge in [0.15, 0.2) is 5.78 Å². The van der Waals surface area contributed by atoms with E-state index in [2.05, 4.69) is 0 Å². The van der Waals surface area contributed by atoms with E-state index in [1.807, 2.05) is 18.2 Å². The van der Waals surface area contributed by atoms with E-state index in [0.717, 1.165) is 23.0 Å². The molecule has 0 unspecified atom stereocenters. The van der Waals surface area contributed by atoms with Crippen molar-refractivity contribution in [1.29, 1.82) is 0 Å². The van der Waals surface area contributed by atoms with E-state index < -0.39 is 7.12 Å². The van der Waals surface area contributed by atoms with E-state index in [9.17, 15) is 9.82 Å². The van der Waals surface area contributed by atoms with Gasteiger partial charge in [-0.2, -0.15) is 0 Å². The number of carbonyl (C=O) groups is 1. The molecule has 0 saturated heterocycles. The molecule has 0 aromatic heterocycles. The van der Waals surface area contributed by atoms with Gasteiger partial charge in [-0.15, -0.1) is 0 Å². The Bertz CT molecular complexity index is 670. The highest BCUT2D eigenvalue weighted by molar-refractivity contribution is 6.60. The van der Waals surface area contributed by atoms with E-state index in [1.54, 1.807) is 24.3 Å². The molecule has 0 aliphatic carbocycles. The highest BCUT2D eigenvalue weighted by Gasteiger charge is 2.25. The van der Waals surface area contributed by atoms with Crippen LogP contribution in [0.1, 0.15) is 21.5 Å². The summed E-state index contributed by atoms with van der Waals surface area (Å²) in [6, 6.07) is 12.6. The molecule has 21 heavy (non-hydrogen) atoms. The number of halogens is 1. The average Bonchev–Trinajstić information content (AvgIpc) is 2.49. The fourth-order valence-corrected chi connectivity index (χ4v) is 2.63. The number of ketones is 1. The van der Waals surface area contributed by atoms with E-state index in [0.29, 0.717) is 23.6 Å². The van der Waals surface area contributed by atoms with Gasteiger partial charge >= 0.3 is 7.12 Å². The molecule has 0 atom stereocenters. The Morgan fingerprint density at radius 1 is 1.24 bits per heavy atom. The topological polar surface area (TPSA) is 46.5 Å². The molecule has 3 nitrogen and oxygen atoms in total. The molecule has 2 aromatic carbocycles. The first-order valence-corrected chi connectivity index (χ1v) is 7.21. The van der Waals surface area contributed by atoms with Crippen molar-refractivity contribution in [2.75, 3.05) is 6.61 Å². The van der Waals surface area contributed by atoms with Crippen LogP contribution in [0.25, 0.3) is 0 Å². The predicted molar refractivity (Wildman–Crippen MR) is 83.2 cm³/mol. The van der Waals surface area contributed by atoms with Crippen LogP contribution in [0, 0.1) is 0 Å². The lowest BCUT2D eigenvalue weighted by atomic mass is 9.73. The summed E-state index contributed by atoms with van der Waals surface area (Å²) in [6.07, 6.45) is 1.08. The lowest BCUT2D eigenvalue weighted by Crippen LogP contribution is -2.41. The van der Waals surface area contributed by atoms with Gasteiger partial charge < -0.3 is 9.68 Å². The Balaban J connectivity index is 1.80. The van der Waals surface area contributed by atoms with Crippen molar-refractivity contribution in [3.63, 3.8) is 0 Å². The van der Waals surface area contributed by atoms with Gasteiger partial charge in [-0.1, -0.05) is 29.8 Å². The first kappa shape index (κ1) is 14.3. The fourth-order valence-electron chi connectivity index (χ4n) is 2.51. The molecule has 106 valence electrons. The molecule has 0 amide bonds. The molecular formula is C16H14BClO3. The number of benzene rings is 2. The van der Waals surface area contributed by atoms with Gasteiger partial charge in [0, 0.05) is 23.6 Å². The minimum atomic E-state index is -0.890. The molecule has 1 aliphatic rings. The van der Waals surface area contributed by atoms with Crippen LogP contribution in [0.5, 0.6) is 0 Å². The lowest BCUT2D eigenvalue weighted by molar-refractivity contribution is 0.0993. The second-order valence-electron chi connectivity index (χ2n) is 5.11. The van der Waals surface area contributed by atoms with E-state index >= 15 is 0 Å². The maximum absolute atomic E-state index is 12.2. The van der Waals surface area contributed by atoms with Gasteiger partial charge in [-0.05, 0) is 47.3 Å². The number of carbonyl (C=O) groups excluding carboxylic acids is 1. The molecule has 0 bridgehead atoms. The highest BCUT2D eigenvalue weighted by Crippen LogP contribution is 2.14. The second kappa shape index (κ2) is 6.02. The summed E-state index contributed by atoms with van der Waals surface area (Å²) < 4.78 is 5.22. The van der Waals surface area contributed by atoms with Gasteiger partial charge in [0.25, 0.3) is 0 Å². The van der Waals surface area contributed by atoms with Gasteiger partial charge in [0.1, 0.15) is 0 Å². The first-order valence-electron chi connectivity index (χ1n) is 6.83. The SMILES string of the molecule is O=C(Cc1ccc2c(c1)B(O)OCC2)c1ccc(Cl)cc1. The Kier molecular flexibility index (Phi) is 4.11. The van der Waals surface area contributed by atoms with Gasteiger partial charge in [-0.25, -0.2) is 0 Å². The Morgan fingerprint density at radius 2 is 2.00 bits per heavy atom. The first-order chi connectivity index (χ1) is 10.1. The summed E-state index contributed by atoms with van der Waals surface area (Å²) in [5.41, 5.74) is 3.35. The van der Waals surface area contributed by atoms with Crippen molar-refractivity contribution in [3.05, 3.63) is 64.2 Å². The van der Waals surface area contributed by atoms with Crippen LogP contribution in [0.2, 0.25) is 5.02 Å². The molecule has 1 heterocycles. The Labute approximate surface area is 128 Å². The van der Waals surface area contributed by atoms with Gasteiger partial charge in [0.05, 0.1) is 0 Å². The standard InChI is InChI=1S/C16H14BClO3/c18-14-5-3-13(4-6-14)16(19)10-11-1-2-12-7-8-21-17(20)15(12)9-11/h1-6,9,20H,7-8,10H2. The zero-order valence-electron chi connectivity index (χ0n) is 11.4. The summed E-state index contributed by atoms with van der Waals surface area (Å²) in [5.74, 6) is 0.0258. The zero-order valence-corrected chi connectivity index (χ0v) is 12.1. The van der Waals surface area contributed by atoms with Gasteiger partial charge in [0.2, 0.25) is 0 Å².